The first kappa shape index (κ1) is 12.3. The van der Waals surface area contributed by atoms with Gasteiger partial charge in [0.2, 0.25) is 0 Å². The van der Waals surface area contributed by atoms with Crippen LogP contribution in [0, 0.1) is 0 Å². The Hall–Kier alpha value is -1.72. The Morgan fingerprint density at radius 1 is 1.42 bits per heavy atom. The van der Waals surface area contributed by atoms with Gasteiger partial charge in [0.25, 0.3) is 0 Å². The van der Waals surface area contributed by atoms with Crippen LogP contribution in [0.3, 0.4) is 0 Å². The van der Waals surface area contributed by atoms with E-state index in [1.165, 1.54) is 0 Å². The minimum atomic E-state index is -0.251. The molecule has 0 spiro atoms. The van der Waals surface area contributed by atoms with Gasteiger partial charge in [-0.25, -0.2) is 0 Å². The molecule has 1 aromatic heterocycles. The maximum absolute atomic E-state index is 5.60. The molecule has 0 bridgehead atoms. The zero-order valence-corrected chi connectivity index (χ0v) is 10.9. The number of nitrogens with one attached hydrogen (secondary N) is 1. The van der Waals surface area contributed by atoms with Crippen LogP contribution in [0.5, 0.6) is 0 Å². The molecule has 100 valence electrons. The maximum Gasteiger partial charge on any atom is 0.156 e. The molecule has 1 aliphatic rings. The lowest BCUT2D eigenvalue weighted by Crippen LogP contribution is -2.39. The van der Waals surface area contributed by atoms with E-state index in [1.54, 1.807) is 13.3 Å². The first-order valence-electron chi connectivity index (χ1n) is 6.40. The highest BCUT2D eigenvalue weighted by molar-refractivity contribution is 5.90. The van der Waals surface area contributed by atoms with Crippen LogP contribution in [0.2, 0.25) is 0 Å². The van der Waals surface area contributed by atoms with Crippen molar-refractivity contribution in [2.75, 3.05) is 32.2 Å². The summed E-state index contributed by atoms with van der Waals surface area (Å²) >= 11 is 0. The molecule has 1 unspecified atom stereocenters. The van der Waals surface area contributed by atoms with E-state index in [9.17, 15) is 0 Å². The highest BCUT2D eigenvalue weighted by Crippen LogP contribution is 2.25. The van der Waals surface area contributed by atoms with Gasteiger partial charge in [0, 0.05) is 37.5 Å². The predicted molar refractivity (Wildman–Crippen MR) is 73.2 cm³/mol. The summed E-state index contributed by atoms with van der Waals surface area (Å²) in [6.07, 6.45) is 2.67. The Kier molecular flexibility index (Phi) is 3.31. The molecule has 0 radical (unpaired) electrons. The normalized spacial score (nSPS) is 22.8. The van der Waals surface area contributed by atoms with E-state index >= 15 is 0 Å². The van der Waals surface area contributed by atoms with Crippen molar-refractivity contribution in [3.05, 3.63) is 30.5 Å². The smallest absolute Gasteiger partial charge is 0.156 e. The van der Waals surface area contributed by atoms with Crippen LogP contribution < -0.4 is 5.32 Å². The Labute approximate surface area is 111 Å². The summed E-state index contributed by atoms with van der Waals surface area (Å²) in [5, 5.41) is 13.7. The summed E-state index contributed by atoms with van der Waals surface area (Å²) in [5.41, 5.74) is -0.251. The predicted octanol–water partition coefficient (Wildman–Crippen LogP) is 1.85. The van der Waals surface area contributed by atoms with Crippen LogP contribution in [0.15, 0.2) is 30.5 Å². The van der Waals surface area contributed by atoms with E-state index < -0.39 is 0 Å². The van der Waals surface area contributed by atoms with Crippen LogP contribution in [-0.4, -0.2) is 42.7 Å². The summed E-state index contributed by atoms with van der Waals surface area (Å²) in [7, 11) is 1.73. The second kappa shape index (κ2) is 5.11. The van der Waals surface area contributed by atoms with E-state index in [4.69, 9.17) is 9.47 Å². The van der Waals surface area contributed by atoms with Crippen LogP contribution in [0.4, 0.5) is 5.82 Å². The standard InChI is InChI=1S/C14H17N3O2/c1-18-14(6-7-19-10-14)9-15-13-12-5-3-2-4-11(12)8-16-17-13/h2-5,8H,6-7,9-10H2,1H3,(H,15,17). The Balaban J connectivity index is 1.82. The third-order valence-electron chi connectivity index (χ3n) is 3.65. The lowest BCUT2D eigenvalue weighted by molar-refractivity contribution is -0.00624. The van der Waals surface area contributed by atoms with Gasteiger partial charge < -0.3 is 14.8 Å². The molecule has 2 aromatic rings. The third-order valence-corrected chi connectivity index (χ3v) is 3.65. The number of benzene rings is 1. The number of methoxy groups -OCH3 is 1. The van der Waals surface area contributed by atoms with Crippen LogP contribution in [0.25, 0.3) is 10.8 Å². The van der Waals surface area contributed by atoms with Crippen molar-refractivity contribution >= 4 is 16.6 Å². The highest BCUT2D eigenvalue weighted by atomic mass is 16.5. The van der Waals surface area contributed by atoms with Gasteiger partial charge in [-0.05, 0) is 0 Å². The number of hydrogen-bond donors (Lipinski definition) is 1. The van der Waals surface area contributed by atoms with Crippen LogP contribution >= 0.6 is 0 Å². The number of nitrogens with zero attached hydrogens (tertiary/aromatic N) is 2. The molecule has 1 atom stereocenters. The molecule has 2 heterocycles. The van der Waals surface area contributed by atoms with E-state index in [-0.39, 0.29) is 5.60 Å². The Morgan fingerprint density at radius 3 is 3.11 bits per heavy atom. The van der Waals surface area contributed by atoms with Gasteiger partial charge in [-0.1, -0.05) is 24.3 Å². The molecule has 0 aliphatic carbocycles. The van der Waals surface area contributed by atoms with Gasteiger partial charge in [-0.2, -0.15) is 5.10 Å². The largest absolute Gasteiger partial charge is 0.378 e. The molecule has 19 heavy (non-hydrogen) atoms. The second-order valence-corrected chi connectivity index (χ2v) is 4.82. The molecule has 5 nitrogen and oxygen atoms in total. The van der Waals surface area contributed by atoms with Crippen molar-refractivity contribution in [1.29, 1.82) is 0 Å². The average molecular weight is 259 g/mol. The number of rotatable bonds is 4. The van der Waals surface area contributed by atoms with Gasteiger partial charge in [0.05, 0.1) is 12.8 Å². The monoisotopic (exact) mass is 259 g/mol. The molecule has 1 N–H and O–H groups in total. The fourth-order valence-electron chi connectivity index (χ4n) is 2.36. The van der Waals surface area contributed by atoms with Gasteiger partial charge in [0.1, 0.15) is 5.60 Å². The topological polar surface area (TPSA) is 56.3 Å². The summed E-state index contributed by atoms with van der Waals surface area (Å²) < 4.78 is 11.0. The first-order chi connectivity index (χ1) is 9.33. The molecule has 0 saturated carbocycles. The molecule has 0 amide bonds. The molecule has 5 heteroatoms. The molecule has 1 saturated heterocycles. The SMILES string of the molecule is COC1(CNc2nncc3ccccc23)CCOC1. The van der Waals surface area contributed by atoms with Crippen molar-refractivity contribution in [3.63, 3.8) is 0 Å². The van der Waals surface area contributed by atoms with E-state index in [2.05, 4.69) is 15.5 Å². The molecular formula is C14H17N3O2. The summed E-state index contributed by atoms with van der Waals surface area (Å²) in [4.78, 5) is 0. The van der Waals surface area contributed by atoms with E-state index in [1.807, 2.05) is 24.3 Å². The summed E-state index contributed by atoms with van der Waals surface area (Å²) in [5.74, 6) is 0.793. The maximum atomic E-state index is 5.60. The number of fused-ring (bicyclic) bond motifs is 1. The molecule has 3 rings (SSSR count). The Bertz CT molecular complexity index is 562. The van der Waals surface area contributed by atoms with Crippen molar-refractivity contribution in [3.8, 4) is 0 Å². The van der Waals surface area contributed by atoms with Gasteiger partial charge in [-0.15, -0.1) is 5.10 Å². The zero-order chi connectivity index (χ0) is 13.1. The minimum Gasteiger partial charge on any atom is -0.378 e. The lowest BCUT2D eigenvalue weighted by Gasteiger charge is -2.26. The van der Waals surface area contributed by atoms with Gasteiger partial charge >= 0.3 is 0 Å². The van der Waals surface area contributed by atoms with E-state index in [0.29, 0.717) is 13.2 Å². The molecule has 1 fully saturated rings. The quantitative estimate of drug-likeness (QED) is 0.908. The van der Waals surface area contributed by atoms with Gasteiger partial charge in [-0.3, -0.25) is 0 Å². The Morgan fingerprint density at radius 2 is 2.32 bits per heavy atom. The highest BCUT2D eigenvalue weighted by Gasteiger charge is 2.34. The van der Waals surface area contributed by atoms with Crippen molar-refractivity contribution in [2.45, 2.75) is 12.0 Å². The fraction of sp³-hybridized carbons (Fsp3) is 0.429. The van der Waals surface area contributed by atoms with Crippen molar-refractivity contribution in [1.82, 2.24) is 10.2 Å². The number of anilines is 1. The molecule has 1 aromatic carbocycles. The van der Waals surface area contributed by atoms with E-state index in [0.717, 1.165) is 29.6 Å². The third kappa shape index (κ3) is 2.39. The first-order valence-corrected chi connectivity index (χ1v) is 6.40. The van der Waals surface area contributed by atoms with Crippen molar-refractivity contribution in [2.24, 2.45) is 0 Å². The van der Waals surface area contributed by atoms with Gasteiger partial charge in [0.15, 0.2) is 5.82 Å². The average Bonchev–Trinajstić information content (AvgIpc) is 2.94. The second-order valence-electron chi connectivity index (χ2n) is 4.82. The number of hydrogen-bond acceptors (Lipinski definition) is 5. The summed E-state index contributed by atoms with van der Waals surface area (Å²) in [6, 6.07) is 8.06. The molecule has 1 aliphatic heterocycles. The zero-order valence-electron chi connectivity index (χ0n) is 10.9. The fourth-order valence-corrected chi connectivity index (χ4v) is 2.36. The number of aromatic nitrogens is 2. The van der Waals surface area contributed by atoms with Crippen molar-refractivity contribution < 1.29 is 9.47 Å². The minimum absolute atomic E-state index is 0.251. The van der Waals surface area contributed by atoms with Crippen LogP contribution in [0.1, 0.15) is 6.42 Å². The number of ether oxygens (including phenoxy) is 2. The lowest BCUT2D eigenvalue weighted by atomic mass is 10.0. The van der Waals surface area contributed by atoms with Crippen LogP contribution in [-0.2, 0) is 9.47 Å². The molecular weight excluding hydrogens is 242 g/mol. The summed E-state index contributed by atoms with van der Waals surface area (Å²) in [6.45, 7) is 2.04.